The van der Waals surface area contributed by atoms with Crippen LogP contribution in [0.4, 0.5) is 4.39 Å². The van der Waals surface area contributed by atoms with Crippen molar-refractivity contribution in [1.29, 1.82) is 5.26 Å². The van der Waals surface area contributed by atoms with E-state index in [2.05, 4.69) is 5.32 Å². The number of halogens is 1. The van der Waals surface area contributed by atoms with E-state index >= 15 is 0 Å². The number of hydrogen-bond donors (Lipinski definition) is 2. The minimum atomic E-state index is -0.652. The second kappa shape index (κ2) is 6.49. The summed E-state index contributed by atoms with van der Waals surface area (Å²) in [6.45, 7) is 2.06. The zero-order chi connectivity index (χ0) is 15.3. The van der Waals surface area contributed by atoms with Crippen LogP contribution >= 0.6 is 0 Å². The first-order chi connectivity index (χ1) is 10.1. The summed E-state index contributed by atoms with van der Waals surface area (Å²) in [4.78, 5) is 0. The van der Waals surface area contributed by atoms with Crippen LogP contribution in [0.25, 0.3) is 0 Å². The summed E-state index contributed by atoms with van der Waals surface area (Å²) in [5.74, 6) is -0.379. The Morgan fingerprint density at radius 2 is 1.95 bits per heavy atom. The van der Waals surface area contributed by atoms with Gasteiger partial charge < -0.3 is 10.4 Å². The number of benzene rings is 2. The quantitative estimate of drug-likeness (QED) is 0.887. The summed E-state index contributed by atoms with van der Waals surface area (Å²) in [7, 11) is 0. The Labute approximate surface area is 123 Å². The van der Waals surface area contributed by atoms with Gasteiger partial charge in [-0.3, -0.25) is 0 Å². The summed E-state index contributed by atoms with van der Waals surface area (Å²) in [6.07, 6.45) is 0. The van der Waals surface area contributed by atoms with E-state index in [0.29, 0.717) is 17.7 Å². The van der Waals surface area contributed by atoms with Gasteiger partial charge in [-0.2, -0.15) is 5.26 Å². The topological polar surface area (TPSA) is 56.0 Å². The monoisotopic (exact) mass is 284 g/mol. The van der Waals surface area contributed by atoms with Crippen molar-refractivity contribution in [2.45, 2.75) is 19.0 Å². The predicted octanol–water partition coefficient (Wildman–Crippen LogP) is 2.69. The van der Waals surface area contributed by atoms with Gasteiger partial charge in [-0.05, 0) is 36.2 Å². The van der Waals surface area contributed by atoms with E-state index in [-0.39, 0.29) is 12.4 Å². The molecule has 1 unspecified atom stereocenters. The first-order valence-electron chi connectivity index (χ1n) is 6.69. The smallest absolute Gasteiger partial charge is 0.123 e. The molecule has 0 aliphatic carbocycles. The summed E-state index contributed by atoms with van der Waals surface area (Å²) in [5, 5.41) is 22.0. The van der Waals surface area contributed by atoms with Crippen LogP contribution in [0.15, 0.2) is 48.5 Å². The molecule has 2 aromatic carbocycles. The molecule has 2 N–H and O–H groups in total. The van der Waals surface area contributed by atoms with Crippen molar-refractivity contribution >= 4 is 0 Å². The molecule has 0 amide bonds. The highest BCUT2D eigenvalue weighted by Crippen LogP contribution is 2.21. The van der Waals surface area contributed by atoms with Gasteiger partial charge in [0, 0.05) is 6.54 Å². The molecule has 1 atom stereocenters. The number of hydrogen-bond acceptors (Lipinski definition) is 3. The van der Waals surface area contributed by atoms with Gasteiger partial charge in [0.05, 0.1) is 23.8 Å². The van der Waals surface area contributed by atoms with Crippen LogP contribution in [0.1, 0.15) is 23.6 Å². The molecule has 0 saturated heterocycles. The number of aliphatic hydroxyl groups is 1. The Balaban J connectivity index is 2.22. The Morgan fingerprint density at radius 3 is 2.57 bits per heavy atom. The van der Waals surface area contributed by atoms with E-state index in [9.17, 15) is 9.50 Å². The maximum absolute atomic E-state index is 13.3. The minimum absolute atomic E-state index is 0.103. The fourth-order valence-electron chi connectivity index (χ4n) is 2.16. The van der Waals surface area contributed by atoms with Gasteiger partial charge in [-0.15, -0.1) is 0 Å². The maximum Gasteiger partial charge on any atom is 0.123 e. The van der Waals surface area contributed by atoms with Gasteiger partial charge in [0.15, 0.2) is 0 Å². The number of nitrogens with one attached hydrogen (secondary N) is 1. The number of rotatable bonds is 5. The van der Waals surface area contributed by atoms with Crippen molar-refractivity contribution in [1.82, 2.24) is 5.32 Å². The first kappa shape index (κ1) is 15.2. The average Bonchev–Trinajstić information content (AvgIpc) is 2.53. The molecule has 0 bridgehead atoms. The SMILES string of the molecule is CC(CO)(NCc1cc(F)ccc1C#N)c1ccccc1. The lowest BCUT2D eigenvalue weighted by Gasteiger charge is -2.29. The van der Waals surface area contributed by atoms with Gasteiger partial charge >= 0.3 is 0 Å². The normalized spacial score (nSPS) is 13.4. The highest BCUT2D eigenvalue weighted by atomic mass is 19.1. The molecule has 0 aliphatic heterocycles. The molecule has 4 heteroatoms. The summed E-state index contributed by atoms with van der Waals surface area (Å²) >= 11 is 0. The van der Waals surface area contributed by atoms with E-state index in [4.69, 9.17) is 5.26 Å². The molecule has 0 aliphatic rings. The molecule has 0 radical (unpaired) electrons. The molecule has 0 heterocycles. The van der Waals surface area contributed by atoms with E-state index in [1.807, 2.05) is 43.3 Å². The number of nitrogens with zero attached hydrogens (tertiary/aromatic N) is 1. The Morgan fingerprint density at radius 1 is 1.24 bits per heavy atom. The molecule has 108 valence electrons. The Bertz CT molecular complexity index is 652. The van der Waals surface area contributed by atoms with Crippen LogP contribution < -0.4 is 5.32 Å². The second-order valence-corrected chi connectivity index (χ2v) is 5.12. The molecule has 0 aromatic heterocycles. The van der Waals surface area contributed by atoms with Crippen LogP contribution in [-0.4, -0.2) is 11.7 Å². The summed E-state index contributed by atoms with van der Waals surface area (Å²) in [5.41, 5.74) is 1.29. The summed E-state index contributed by atoms with van der Waals surface area (Å²) in [6, 6.07) is 15.7. The first-order valence-corrected chi connectivity index (χ1v) is 6.69. The molecular formula is C17H17FN2O. The van der Waals surface area contributed by atoms with E-state index in [1.165, 1.54) is 18.2 Å². The van der Waals surface area contributed by atoms with Gasteiger partial charge in [0.2, 0.25) is 0 Å². The van der Waals surface area contributed by atoms with Crippen molar-refractivity contribution in [3.63, 3.8) is 0 Å². The lowest BCUT2D eigenvalue weighted by atomic mass is 9.92. The zero-order valence-corrected chi connectivity index (χ0v) is 11.8. The predicted molar refractivity (Wildman–Crippen MR) is 78.8 cm³/mol. The van der Waals surface area contributed by atoms with Crippen molar-refractivity contribution in [3.8, 4) is 6.07 Å². The third kappa shape index (κ3) is 3.46. The van der Waals surface area contributed by atoms with Crippen LogP contribution in [-0.2, 0) is 12.1 Å². The van der Waals surface area contributed by atoms with Gasteiger partial charge in [-0.25, -0.2) is 4.39 Å². The number of nitriles is 1. The third-order valence-electron chi connectivity index (χ3n) is 3.58. The zero-order valence-electron chi connectivity index (χ0n) is 11.8. The van der Waals surface area contributed by atoms with Crippen molar-refractivity contribution < 1.29 is 9.50 Å². The molecule has 2 rings (SSSR count). The third-order valence-corrected chi connectivity index (χ3v) is 3.58. The van der Waals surface area contributed by atoms with Crippen LogP contribution in [0.3, 0.4) is 0 Å². The van der Waals surface area contributed by atoms with E-state index < -0.39 is 5.54 Å². The Hall–Kier alpha value is -2.22. The molecule has 0 saturated carbocycles. The van der Waals surface area contributed by atoms with Crippen molar-refractivity contribution in [3.05, 3.63) is 71.0 Å². The van der Waals surface area contributed by atoms with E-state index in [0.717, 1.165) is 5.56 Å². The highest BCUT2D eigenvalue weighted by Gasteiger charge is 2.25. The van der Waals surface area contributed by atoms with Gasteiger partial charge in [0.1, 0.15) is 5.82 Å². The van der Waals surface area contributed by atoms with Gasteiger partial charge in [-0.1, -0.05) is 30.3 Å². The fourth-order valence-corrected chi connectivity index (χ4v) is 2.16. The molecule has 3 nitrogen and oxygen atoms in total. The number of aliphatic hydroxyl groups excluding tert-OH is 1. The largest absolute Gasteiger partial charge is 0.394 e. The second-order valence-electron chi connectivity index (χ2n) is 5.12. The van der Waals surface area contributed by atoms with Gasteiger partial charge in [0.25, 0.3) is 0 Å². The highest BCUT2D eigenvalue weighted by molar-refractivity contribution is 5.38. The molecular weight excluding hydrogens is 267 g/mol. The minimum Gasteiger partial charge on any atom is -0.394 e. The summed E-state index contributed by atoms with van der Waals surface area (Å²) < 4.78 is 13.3. The molecule has 2 aromatic rings. The fraction of sp³-hybridized carbons (Fsp3) is 0.235. The lowest BCUT2D eigenvalue weighted by molar-refractivity contribution is 0.173. The van der Waals surface area contributed by atoms with Crippen LogP contribution in [0, 0.1) is 17.1 Å². The maximum atomic E-state index is 13.3. The molecule has 0 spiro atoms. The van der Waals surface area contributed by atoms with E-state index in [1.54, 1.807) is 0 Å². The Kier molecular flexibility index (Phi) is 4.69. The van der Waals surface area contributed by atoms with Crippen LogP contribution in [0.2, 0.25) is 0 Å². The standard InChI is InChI=1S/C17H17FN2O/c1-17(12-21,15-5-3-2-4-6-15)20-11-14-9-16(18)8-7-13(14)10-19/h2-9,20-21H,11-12H2,1H3. The van der Waals surface area contributed by atoms with Crippen molar-refractivity contribution in [2.24, 2.45) is 0 Å². The lowest BCUT2D eigenvalue weighted by Crippen LogP contribution is -2.42. The molecule has 21 heavy (non-hydrogen) atoms. The average molecular weight is 284 g/mol. The van der Waals surface area contributed by atoms with Crippen LogP contribution in [0.5, 0.6) is 0 Å². The van der Waals surface area contributed by atoms with Crippen molar-refractivity contribution in [2.75, 3.05) is 6.61 Å². The molecule has 0 fully saturated rings.